The maximum absolute atomic E-state index is 7.57. The van der Waals surface area contributed by atoms with E-state index >= 15 is 0 Å². The van der Waals surface area contributed by atoms with Crippen LogP contribution in [0.15, 0.2) is 0 Å². The van der Waals surface area contributed by atoms with E-state index in [9.17, 15) is 0 Å². The minimum atomic E-state index is 0. The van der Waals surface area contributed by atoms with Gasteiger partial charge in [0.05, 0.1) is 0 Å². The van der Waals surface area contributed by atoms with Gasteiger partial charge in [0.15, 0.2) is 0 Å². The van der Waals surface area contributed by atoms with Gasteiger partial charge in [-0.25, -0.2) is 0 Å². The van der Waals surface area contributed by atoms with Crippen LogP contribution in [0.4, 0.5) is 0 Å². The van der Waals surface area contributed by atoms with E-state index in [2.05, 4.69) is 0 Å². The fourth-order valence-corrected chi connectivity index (χ4v) is 0. The summed E-state index contributed by atoms with van der Waals surface area (Å²) in [4.78, 5) is 0. The van der Waals surface area contributed by atoms with Crippen molar-refractivity contribution in [2.45, 2.75) is 6.92 Å². The summed E-state index contributed by atoms with van der Waals surface area (Å²) in [5.74, 6) is 0. The summed E-state index contributed by atoms with van der Waals surface area (Å²) in [5.41, 5.74) is 0. The van der Waals surface area contributed by atoms with Crippen LogP contribution in [0.3, 0.4) is 0 Å². The summed E-state index contributed by atoms with van der Waals surface area (Å²) in [7, 11) is 0. The van der Waals surface area contributed by atoms with Crippen molar-refractivity contribution in [1.82, 2.24) is 0 Å². The van der Waals surface area contributed by atoms with Crippen molar-refractivity contribution >= 4 is 23.9 Å². The molecule has 0 aromatic heterocycles. The zero-order valence-electron chi connectivity index (χ0n) is 4.67. The normalized spacial score (nSPS) is 2.00. The molecule has 3 N–H and O–H groups in total. The van der Waals surface area contributed by atoms with Gasteiger partial charge in [-0.15, -0.1) is 0 Å². The first-order valence-corrected chi connectivity index (χ1v) is 1.02. The Bertz CT molecular complexity index is 16.5. The van der Waals surface area contributed by atoms with Crippen LogP contribution in [0, 0.1) is 0 Å². The molecule has 2 nitrogen and oxygen atoms in total. The smallest absolute Gasteiger partial charge is 1.00 e. The molecule has 0 saturated carbocycles. The zero-order chi connectivity index (χ0) is 2.71. The standard InChI is InChI=1S/C2H6O.4ClH.H2O.Sn/c1-2-3;;;;;;/h3H,2H2,1H3;4*1H;1H2;/q;;;;;;+4/p-4. The van der Waals surface area contributed by atoms with Crippen LogP contribution in [-0.2, 0) is 0 Å². The van der Waals surface area contributed by atoms with Gasteiger partial charge < -0.3 is 60.2 Å². The average Bonchev–Trinajstić information content (AvgIpc) is 0.918. The second kappa shape index (κ2) is 94.0. The molecule has 0 atom stereocenters. The van der Waals surface area contributed by atoms with Crippen LogP contribution in [0.5, 0.6) is 0 Å². The topological polar surface area (TPSA) is 51.7 Å². The maximum atomic E-state index is 7.57. The molecule has 0 spiro atoms. The minimum Gasteiger partial charge on any atom is -1.00 e. The number of hydrogen-bond donors (Lipinski definition) is 1. The van der Waals surface area contributed by atoms with E-state index in [-0.39, 0.29) is 85.6 Å². The molecule has 0 aromatic carbocycles. The van der Waals surface area contributed by atoms with Gasteiger partial charge in [0.25, 0.3) is 0 Å². The Kier molecular flexibility index (Phi) is 737. The van der Waals surface area contributed by atoms with E-state index < -0.39 is 0 Å². The SMILES string of the molecule is CCO.O.[Cl-].[Cl-].[Cl-].[Cl-].[Sn+4]. The van der Waals surface area contributed by atoms with Crippen molar-refractivity contribution in [1.29, 1.82) is 0 Å². The number of rotatable bonds is 0. The first-order chi connectivity index (χ1) is 1.41. The Balaban J connectivity index is -0.00000000133. The molecule has 0 bridgehead atoms. The van der Waals surface area contributed by atoms with Crippen LogP contribution >= 0.6 is 0 Å². The van der Waals surface area contributed by atoms with Crippen molar-refractivity contribution in [3.8, 4) is 0 Å². The fourth-order valence-electron chi connectivity index (χ4n) is 0. The van der Waals surface area contributed by atoms with E-state index in [4.69, 9.17) is 5.11 Å². The maximum Gasteiger partial charge on any atom is 4.00 e. The van der Waals surface area contributed by atoms with Crippen molar-refractivity contribution in [3.05, 3.63) is 0 Å². The minimum absolute atomic E-state index is 0. The molecular weight excluding hydrogens is 317 g/mol. The number of aliphatic hydroxyl groups is 1. The summed E-state index contributed by atoms with van der Waals surface area (Å²) in [6, 6.07) is 0. The molecule has 0 aliphatic heterocycles. The molecule has 0 aliphatic rings. The molecule has 0 aliphatic carbocycles. The molecule has 0 rings (SSSR count). The van der Waals surface area contributed by atoms with Crippen LogP contribution in [-0.4, -0.2) is 41.1 Å². The summed E-state index contributed by atoms with van der Waals surface area (Å²) >= 11 is 0. The Hall–Kier alpha value is 1.88. The third-order valence-electron chi connectivity index (χ3n) is 0. The molecule has 9 heavy (non-hydrogen) atoms. The molecule has 0 aromatic rings. The largest absolute Gasteiger partial charge is 4.00 e. The Labute approximate surface area is 97.1 Å². The molecule has 0 saturated heterocycles. The monoisotopic (exact) mass is 324 g/mol. The number of aliphatic hydroxyl groups excluding tert-OH is 1. The second-order valence-electron chi connectivity index (χ2n) is 0.316. The van der Waals surface area contributed by atoms with Crippen LogP contribution < -0.4 is 49.6 Å². The average molecular weight is 325 g/mol. The van der Waals surface area contributed by atoms with Crippen molar-refractivity contribution in [3.63, 3.8) is 0 Å². The third-order valence-corrected chi connectivity index (χ3v) is 0. The van der Waals surface area contributed by atoms with Crippen LogP contribution in [0.2, 0.25) is 0 Å². The Morgan fingerprint density at radius 1 is 1.00 bits per heavy atom. The van der Waals surface area contributed by atoms with Gasteiger partial charge in [0.2, 0.25) is 0 Å². The molecule has 0 radical (unpaired) electrons. The predicted octanol–water partition coefficient (Wildman–Crippen LogP) is -13.2. The van der Waals surface area contributed by atoms with Gasteiger partial charge in [-0.05, 0) is 6.92 Å². The molecule has 7 heteroatoms. The van der Waals surface area contributed by atoms with Gasteiger partial charge in [-0.1, -0.05) is 0 Å². The van der Waals surface area contributed by atoms with Gasteiger partial charge in [-0.2, -0.15) is 0 Å². The van der Waals surface area contributed by atoms with E-state index in [0.29, 0.717) is 0 Å². The molecule has 0 unspecified atom stereocenters. The molecule has 0 amide bonds. The summed E-state index contributed by atoms with van der Waals surface area (Å²) in [6.07, 6.45) is 0. The van der Waals surface area contributed by atoms with Crippen molar-refractivity contribution in [2.24, 2.45) is 0 Å². The summed E-state index contributed by atoms with van der Waals surface area (Å²) < 4.78 is 0. The van der Waals surface area contributed by atoms with Gasteiger partial charge in [-0.3, -0.25) is 0 Å². The van der Waals surface area contributed by atoms with E-state index in [0.717, 1.165) is 0 Å². The first-order valence-electron chi connectivity index (χ1n) is 1.02. The van der Waals surface area contributed by atoms with Gasteiger partial charge >= 0.3 is 23.9 Å². The fraction of sp³-hybridized carbons (Fsp3) is 1.00. The third kappa shape index (κ3) is 174. The predicted molar refractivity (Wildman–Crippen MR) is 22.1 cm³/mol. The van der Waals surface area contributed by atoms with Crippen LogP contribution in [0.25, 0.3) is 0 Å². The Morgan fingerprint density at radius 2 is 1.00 bits per heavy atom. The summed E-state index contributed by atoms with van der Waals surface area (Å²) in [6.45, 7) is 1.93. The number of hydrogen-bond acceptors (Lipinski definition) is 1. The molecule has 60 valence electrons. The molecule has 0 heterocycles. The molecular formula is C2H8Cl4O2Sn. The summed E-state index contributed by atoms with van der Waals surface area (Å²) in [5, 5.41) is 7.57. The quantitative estimate of drug-likeness (QED) is 0.442. The number of halogens is 4. The zero-order valence-corrected chi connectivity index (χ0v) is 10.5. The van der Waals surface area contributed by atoms with Gasteiger partial charge in [0.1, 0.15) is 0 Å². The van der Waals surface area contributed by atoms with Crippen LogP contribution in [0.1, 0.15) is 6.92 Å². The van der Waals surface area contributed by atoms with Gasteiger partial charge in [0, 0.05) is 6.61 Å². The van der Waals surface area contributed by atoms with Crippen molar-refractivity contribution < 1.29 is 60.2 Å². The van der Waals surface area contributed by atoms with Crippen molar-refractivity contribution in [2.75, 3.05) is 6.61 Å². The van der Waals surface area contributed by atoms with E-state index in [1.54, 1.807) is 6.92 Å². The van der Waals surface area contributed by atoms with E-state index in [1.165, 1.54) is 0 Å². The second-order valence-corrected chi connectivity index (χ2v) is 0.316. The molecule has 0 fully saturated rings. The van der Waals surface area contributed by atoms with E-state index in [1.807, 2.05) is 0 Å². The Morgan fingerprint density at radius 3 is 1.00 bits per heavy atom. The first kappa shape index (κ1) is 70.6.